The molecule has 1 aromatic rings. The van der Waals surface area contributed by atoms with Crippen molar-refractivity contribution in [2.45, 2.75) is 19.4 Å². The largest absolute Gasteiger partial charge is 0.356 e. The molecule has 1 aliphatic rings. The van der Waals surface area contributed by atoms with Crippen molar-refractivity contribution in [3.8, 4) is 0 Å². The molecule has 1 aliphatic carbocycles. The van der Waals surface area contributed by atoms with Crippen LogP contribution < -0.4 is 10.6 Å². The van der Waals surface area contributed by atoms with Crippen LogP contribution in [0.3, 0.4) is 0 Å². The first kappa shape index (κ1) is 17.4. The minimum absolute atomic E-state index is 0.0364. The zero-order chi connectivity index (χ0) is 16.8. The zero-order valence-corrected chi connectivity index (χ0v) is 13.6. The maximum absolute atomic E-state index is 12.8. The molecular formula is C17H24FN3O2. The topological polar surface area (TPSA) is 61.4 Å². The number of carbonyl (C=O) groups excluding carboxylic acids is 2. The molecule has 5 nitrogen and oxygen atoms in total. The third kappa shape index (κ3) is 5.63. The molecule has 2 N–H and O–H groups in total. The lowest BCUT2D eigenvalue weighted by atomic mass is 10.2. The molecule has 6 heteroatoms. The molecule has 0 saturated heterocycles. The summed E-state index contributed by atoms with van der Waals surface area (Å²) in [5, 5.41) is 5.68. The van der Waals surface area contributed by atoms with Gasteiger partial charge < -0.3 is 15.5 Å². The minimum atomic E-state index is -0.298. The summed E-state index contributed by atoms with van der Waals surface area (Å²) >= 11 is 0. The van der Waals surface area contributed by atoms with Gasteiger partial charge in [0.2, 0.25) is 11.8 Å². The predicted molar refractivity (Wildman–Crippen MR) is 86.0 cm³/mol. The monoisotopic (exact) mass is 321 g/mol. The van der Waals surface area contributed by atoms with Gasteiger partial charge in [-0.1, -0.05) is 12.1 Å². The Labute approximate surface area is 136 Å². The van der Waals surface area contributed by atoms with Crippen LogP contribution in [0.1, 0.15) is 18.4 Å². The van der Waals surface area contributed by atoms with Crippen molar-refractivity contribution in [3.63, 3.8) is 0 Å². The number of benzene rings is 1. The summed E-state index contributed by atoms with van der Waals surface area (Å²) < 4.78 is 12.8. The van der Waals surface area contributed by atoms with Crippen molar-refractivity contribution >= 4 is 11.8 Å². The molecule has 2 rings (SSSR count). The Bertz CT molecular complexity index is 545. The second-order valence-electron chi connectivity index (χ2n) is 6.24. The van der Waals surface area contributed by atoms with E-state index in [1.54, 1.807) is 12.1 Å². The van der Waals surface area contributed by atoms with Gasteiger partial charge in [0.05, 0.1) is 11.8 Å². The summed E-state index contributed by atoms with van der Waals surface area (Å²) in [4.78, 5) is 26.0. The van der Waals surface area contributed by atoms with Crippen molar-refractivity contribution in [3.05, 3.63) is 35.6 Å². The lowest BCUT2D eigenvalue weighted by Gasteiger charge is -2.10. The van der Waals surface area contributed by atoms with E-state index < -0.39 is 0 Å². The number of hydrogen-bond donors (Lipinski definition) is 2. The number of nitrogens with one attached hydrogen (secondary N) is 2. The average Bonchev–Trinajstić information content (AvgIpc) is 3.31. The van der Waals surface area contributed by atoms with Crippen LogP contribution >= 0.6 is 0 Å². The van der Waals surface area contributed by atoms with Crippen LogP contribution in [0.25, 0.3) is 0 Å². The number of nitrogens with zero attached hydrogens (tertiary/aromatic N) is 1. The molecule has 126 valence electrons. The maximum atomic E-state index is 12.8. The van der Waals surface area contributed by atoms with Gasteiger partial charge in [-0.3, -0.25) is 9.59 Å². The molecule has 0 aliphatic heterocycles. The highest BCUT2D eigenvalue weighted by molar-refractivity contribution is 5.92. The highest BCUT2D eigenvalue weighted by Crippen LogP contribution is 2.38. The van der Waals surface area contributed by atoms with Crippen LogP contribution in [0.2, 0.25) is 0 Å². The van der Waals surface area contributed by atoms with Gasteiger partial charge in [-0.25, -0.2) is 4.39 Å². The normalized spacial score (nSPS) is 19.5. The molecule has 0 radical (unpaired) electrons. The fourth-order valence-electron chi connectivity index (χ4n) is 2.44. The first-order valence-corrected chi connectivity index (χ1v) is 7.92. The summed E-state index contributed by atoms with van der Waals surface area (Å²) in [6, 6.07) is 6.00. The molecule has 0 bridgehead atoms. The molecule has 2 amide bonds. The highest BCUT2D eigenvalue weighted by atomic mass is 19.1. The molecule has 2 unspecified atom stereocenters. The molecule has 0 spiro atoms. The Morgan fingerprint density at radius 2 is 1.74 bits per heavy atom. The van der Waals surface area contributed by atoms with Gasteiger partial charge in [0.25, 0.3) is 0 Å². The second-order valence-corrected chi connectivity index (χ2v) is 6.24. The van der Waals surface area contributed by atoms with E-state index in [-0.39, 0.29) is 29.5 Å². The summed E-state index contributed by atoms with van der Waals surface area (Å²) in [5.74, 6) is -0.881. The van der Waals surface area contributed by atoms with E-state index in [1.165, 1.54) is 12.1 Å². The summed E-state index contributed by atoms with van der Waals surface area (Å²) in [6.45, 7) is 1.91. The van der Waals surface area contributed by atoms with Crippen LogP contribution in [0.4, 0.5) is 4.39 Å². The Morgan fingerprint density at radius 1 is 1.13 bits per heavy atom. The molecule has 0 heterocycles. The number of amides is 2. The SMILES string of the molecule is CN(C)CCCNC(=O)C1CC1C(=O)NCc1ccc(F)cc1. The van der Waals surface area contributed by atoms with E-state index >= 15 is 0 Å². The van der Waals surface area contributed by atoms with Crippen LogP contribution in [0.5, 0.6) is 0 Å². The molecule has 1 fully saturated rings. The fourth-order valence-corrected chi connectivity index (χ4v) is 2.44. The fraction of sp³-hybridized carbons (Fsp3) is 0.529. The van der Waals surface area contributed by atoms with Gasteiger partial charge >= 0.3 is 0 Å². The summed E-state index contributed by atoms with van der Waals surface area (Å²) in [5.41, 5.74) is 0.838. The van der Waals surface area contributed by atoms with Gasteiger partial charge in [0.1, 0.15) is 5.82 Å². The van der Waals surface area contributed by atoms with Crippen LogP contribution in [0.15, 0.2) is 24.3 Å². The zero-order valence-electron chi connectivity index (χ0n) is 13.6. The van der Waals surface area contributed by atoms with Gasteiger partial charge in [-0.05, 0) is 51.2 Å². The van der Waals surface area contributed by atoms with Crippen LogP contribution in [0, 0.1) is 17.7 Å². The maximum Gasteiger partial charge on any atom is 0.224 e. The highest BCUT2D eigenvalue weighted by Gasteiger charge is 2.47. The third-order valence-electron chi connectivity index (χ3n) is 3.93. The lowest BCUT2D eigenvalue weighted by Crippen LogP contribution is -2.31. The van der Waals surface area contributed by atoms with Crippen molar-refractivity contribution < 1.29 is 14.0 Å². The molecule has 23 heavy (non-hydrogen) atoms. The predicted octanol–water partition coefficient (Wildman–Crippen LogP) is 1.15. The molecule has 1 saturated carbocycles. The van der Waals surface area contributed by atoms with E-state index in [1.807, 2.05) is 14.1 Å². The van der Waals surface area contributed by atoms with E-state index in [2.05, 4.69) is 15.5 Å². The van der Waals surface area contributed by atoms with Crippen molar-refractivity contribution in [1.82, 2.24) is 15.5 Å². The van der Waals surface area contributed by atoms with Crippen LogP contribution in [-0.2, 0) is 16.1 Å². The number of hydrogen-bond acceptors (Lipinski definition) is 3. The van der Waals surface area contributed by atoms with E-state index in [0.717, 1.165) is 18.5 Å². The Hall–Kier alpha value is -1.95. The van der Waals surface area contributed by atoms with E-state index in [4.69, 9.17) is 0 Å². The first-order chi connectivity index (χ1) is 11.0. The molecule has 1 aromatic carbocycles. The molecule has 0 aromatic heterocycles. The smallest absolute Gasteiger partial charge is 0.224 e. The second kappa shape index (κ2) is 8.06. The van der Waals surface area contributed by atoms with Gasteiger partial charge in [-0.15, -0.1) is 0 Å². The number of halogens is 1. The first-order valence-electron chi connectivity index (χ1n) is 7.92. The Kier molecular flexibility index (Phi) is 6.10. The standard InChI is InChI=1S/C17H24FN3O2/c1-21(2)9-3-8-19-16(22)14-10-15(14)17(23)20-11-12-4-6-13(18)7-5-12/h4-7,14-15H,3,8-11H2,1-2H3,(H,19,22)(H,20,23). The lowest BCUT2D eigenvalue weighted by molar-refractivity contribution is -0.127. The molecular weight excluding hydrogens is 297 g/mol. The number of rotatable bonds is 8. The summed E-state index contributed by atoms with van der Waals surface area (Å²) in [7, 11) is 3.98. The van der Waals surface area contributed by atoms with Crippen molar-refractivity contribution in [2.24, 2.45) is 11.8 Å². The van der Waals surface area contributed by atoms with Gasteiger partial charge in [0.15, 0.2) is 0 Å². The van der Waals surface area contributed by atoms with E-state index in [0.29, 0.717) is 19.5 Å². The molecule has 2 atom stereocenters. The third-order valence-corrected chi connectivity index (χ3v) is 3.93. The number of carbonyl (C=O) groups is 2. The van der Waals surface area contributed by atoms with Crippen molar-refractivity contribution in [2.75, 3.05) is 27.2 Å². The minimum Gasteiger partial charge on any atom is -0.356 e. The van der Waals surface area contributed by atoms with E-state index in [9.17, 15) is 14.0 Å². The van der Waals surface area contributed by atoms with Crippen LogP contribution in [-0.4, -0.2) is 43.9 Å². The Morgan fingerprint density at radius 3 is 2.35 bits per heavy atom. The Balaban J connectivity index is 1.65. The quantitative estimate of drug-likeness (QED) is 0.706. The van der Waals surface area contributed by atoms with Crippen molar-refractivity contribution in [1.29, 1.82) is 0 Å². The summed E-state index contributed by atoms with van der Waals surface area (Å²) in [6.07, 6.45) is 1.50. The van der Waals surface area contributed by atoms with Gasteiger partial charge in [0, 0.05) is 13.1 Å². The average molecular weight is 321 g/mol. The van der Waals surface area contributed by atoms with Gasteiger partial charge in [-0.2, -0.15) is 0 Å².